The number of benzene rings is 1. The van der Waals surface area contributed by atoms with Gasteiger partial charge in [-0.3, -0.25) is 0 Å². The lowest BCUT2D eigenvalue weighted by Gasteiger charge is -2.37. The lowest BCUT2D eigenvalue weighted by Crippen LogP contribution is -2.34. The van der Waals surface area contributed by atoms with Gasteiger partial charge < -0.3 is 9.32 Å². The van der Waals surface area contributed by atoms with Crippen molar-refractivity contribution in [3.63, 3.8) is 0 Å². The fourth-order valence-electron chi connectivity index (χ4n) is 3.63. The van der Waals surface area contributed by atoms with E-state index < -0.39 is 0 Å². The van der Waals surface area contributed by atoms with Crippen molar-refractivity contribution in [2.24, 2.45) is 0 Å². The van der Waals surface area contributed by atoms with Gasteiger partial charge in [0.15, 0.2) is 0 Å². The monoisotopic (exact) mass is 333 g/mol. The van der Waals surface area contributed by atoms with Gasteiger partial charge in [0.05, 0.1) is 0 Å². The predicted octanol–water partition coefficient (Wildman–Crippen LogP) is 3.56. The second kappa shape index (κ2) is 4.35. The topological polar surface area (TPSA) is 33.5 Å². The van der Waals surface area contributed by atoms with Crippen LogP contribution in [0.1, 0.15) is 29.5 Å². The average Bonchev–Trinajstić information content (AvgIpc) is 2.47. The number of halogens is 1. The average molecular weight is 334 g/mol. The van der Waals surface area contributed by atoms with Crippen LogP contribution in [0.15, 0.2) is 19.8 Å². The second-order valence-corrected chi connectivity index (χ2v) is 6.56. The maximum atomic E-state index is 12.0. The standard InChI is InChI=1S/C16H16BrNO2/c1-9-12-8-10-4-2-6-18-7-3-5-11(14(10)18)15(12)20-16(19)13(9)17/h8H,2-7H2,1H3. The largest absolute Gasteiger partial charge is 0.422 e. The molecule has 0 bridgehead atoms. The lowest BCUT2D eigenvalue weighted by atomic mass is 9.89. The van der Waals surface area contributed by atoms with Crippen LogP contribution in [0.25, 0.3) is 11.0 Å². The molecule has 0 atom stereocenters. The van der Waals surface area contributed by atoms with E-state index in [1.807, 2.05) is 6.92 Å². The highest BCUT2D eigenvalue weighted by molar-refractivity contribution is 9.10. The van der Waals surface area contributed by atoms with Crippen molar-refractivity contribution in [1.82, 2.24) is 0 Å². The van der Waals surface area contributed by atoms with Crippen LogP contribution in [-0.4, -0.2) is 13.1 Å². The fourth-order valence-corrected chi connectivity index (χ4v) is 3.93. The van der Waals surface area contributed by atoms with Gasteiger partial charge in [0.2, 0.25) is 0 Å². The van der Waals surface area contributed by atoms with E-state index in [2.05, 4.69) is 26.9 Å². The molecule has 1 aromatic heterocycles. The van der Waals surface area contributed by atoms with E-state index in [1.165, 1.54) is 23.2 Å². The zero-order valence-electron chi connectivity index (χ0n) is 11.5. The number of fused-ring (bicyclic) bond motifs is 2. The molecule has 0 saturated heterocycles. The first-order valence-corrected chi connectivity index (χ1v) is 7.98. The predicted molar refractivity (Wildman–Crippen MR) is 83.8 cm³/mol. The third-order valence-corrected chi connectivity index (χ3v) is 5.50. The summed E-state index contributed by atoms with van der Waals surface area (Å²) in [5.41, 5.74) is 5.55. The van der Waals surface area contributed by atoms with Crippen LogP contribution in [0.3, 0.4) is 0 Å². The zero-order valence-corrected chi connectivity index (χ0v) is 13.0. The van der Waals surface area contributed by atoms with Crippen LogP contribution in [0.2, 0.25) is 0 Å². The molecule has 4 rings (SSSR count). The molecule has 0 aliphatic carbocycles. The molecule has 2 aromatic rings. The molecule has 3 nitrogen and oxygen atoms in total. The summed E-state index contributed by atoms with van der Waals surface area (Å²) >= 11 is 3.35. The Morgan fingerprint density at radius 3 is 2.80 bits per heavy atom. The molecular formula is C16H16BrNO2. The lowest BCUT2D eigenvalue weighted by molar-refractivity contribution is 0.544. The SMILES string of the molecule is Cc1c(Br)c(=O)oc2c3c4c(cc12)CCCN4CCC3. The number of rotatable bonds is 0. The van der Waals surface area contributed by atoms with Gasteiger partial charge in [-0.1, -0.05) is 0 Å². The van der Waals surface area contributed by atoms with Gasteiger partial charge in [0.1, 0.15) is 10.1 Å². The molecule has 3 heterocycles. The fraction of sp³-hybridized carbons (Fsp3) is 0.438. The Bertz CT molecular complexity index is 776. The van der Waals surface area contributed by atoms with Gasteiger partial charge in [-0.05, 0) is 65.7 Å². The van der Waals surface area contributed by atoms with Crippen LogP contribution in [0, 0.1) is 6.92 Å². The number of nitrogens with zero attached hydrogens (tertiary/aromatic N) is 1. The van der Waals surface area contributed by atoms with E-state index in [0.717, 1.165) is 48.9 Å². The Labute approximate surface area is 125 Å². The van der Waals surface area contributed by atoms with Crippen LogP contribution < -0.4 is 10.5 Å². The highest BCUT2D eigenvalue weighted by Crippen LogP contribution is 2.40. The molecular weight excluding hydrogens is 318 g/mol. The van der Waals surface area contributed by atoms with Crippen molar-refractivity contribution in [3.05, 3.63) is 37.6 Å². The minimum atomic E-state index is -0.265. The van der Waals surface area contributed by atoms with Gasteiger partial charge in [0.25, 0.3) is 0 Å². The molecule has 0 saturated carbocycles. The minimum Gasteiger partial charge on any atom is -0.422 e. The van der Waals surface area contributed by atoms with E-state index in [1.54, 1.807) is 0 Å². The summed E-state index contributed by atoms with van der Waals surface area (Å²) in [4.78, 5) is 14.4. The van der Waals surface area contributed by atoms with Gasteiger partial charge in [-0.15, -0.1) is 0 Å². The maximum absolute atomic E-state index is 12.0. The summed E-state index contributed by atoms with van der Waals surface area (Å²) in [5.74, 6) is 0. The highest BCUT2D eigenvalue weighted by Gasteiger charge is 2.27. The number of anilines is 1. The zero-order chi connectivity index (χ0) is 13.9. The molecule has 20 heavy (non-hydrogen) atoms. The number of hydrogen-bond donors (Lipinski definition) is 0. The first-order chi connectivity index (χ1) is 9.66. The van der Waals surface area contributed by atoms with E-state index >= 15 is 0 Å². The Hall–Kier alpha value is -1.29. The van der Waals surface area contributed by atoms with Crippen molar-refractivity contribution in [1.29, 1.82) is 0 Å². The highest BCUT2D eigenvalue weighted by atomic mass is 79.9. The molecule has 1 aromatic carbocycles. The van der Waals surface area contributed by atoms with Crippen molar-refractivity contribution in [2.45, 2.75) is 32.6 Å². The molecule has 0 amide bonds. The van der Waals surface area contributed by atoms with Crippen molar-refractivity contribution >= 4 is 32.6 Å². The summed E-state index contributed by atoms with van der Waals surface area (Å²) in [6.45, 7) is 4.25. The first kappa shape index (κ1) is 12.5. The van der Waals surface area contributed by atoms with Crippen LogP contribution in [0.4, 0.5) is 5.69 Å². The van der Waals surface area contributed by atoms with Gasteiger partial charge in [0, 0.05) is 29.7 Å². The Morgan fingerprint density at radius 1 is 1.25 bits per heavy atom. The van der Waals surface area contributed by atoms with Crippen molar-refractivity contribution in [3.8, 4) is 0 Å². The molecule has 0 radical (unpaired) electrons. The molecule has 0 unspecified atom stereocenters. The normalized spacial score (nSPS) is 17.4. The molecule has 2 aliphatic rings. The second-order valence-electron chi connectivity index (χ2n) is 5.76. The molecule has 4 heteroatoms. The van der Waals surface area contributed by atoms with Gasteiger partial charge in [-0.2, -0.15) is 0 Å². The van der Waals surface area contributed by atoms with E-state index in [9.17, 15) is 4.79 Å². The molecule has 104 valence electrons. The summed E-state index contributed by atoms with van der Waals surface area (Å²) in [6, 6.07) is 2.23. The van der Waals surface area contributed by atoms with Gasteiger partial charge >= 0.3 is 5.63 Å². The summed E-state index contributed by atoms with van der Waals surface area (Å²) in [6.07, 6.45) is 4.50. The van der Waals surface area contributed by atoms with Crippen LogP contribution in [-0.2, 0) is 12.8 Å². The first-order valence-electron chi connectivity index (χ1n) is 7.19. The van der Waals surface area contributed by atoms with E-state index in [4.69, 9.17) is 4.42 Å². The molecule has 0 spiro atoms. The molecule has 0 N–H and O–H groups in total. The molecule has 0 fully saturated rings. The Balaban J connectivity index is 2.16. The summed E-state index contributed by atoms with van der Waals surface area (Å²) in [7, 11) is 0. The Morgan fingerprint density at radius 2 is 2.00 bits per heavy atom. The van der Waals surface area contributed by atoms with E-state index in [-0.39, 0.29) is 5.63 Å². The third-order valence-electron chi connectivity index (χ3n) is 4.58. The number of hydrogen-bond acceptors (Lipinski definition) is 3. The smallest absolute Gasteiger partial charge is 0.350 e. The summed E-state index contributed by atoms with van der Waals surface area (Å²) in [5, 5.41) is 1.09. The van der Waals surface area contributed by atoms with Crippen molar-refractivity contribution < 1.29 is 4.42 Å². The third kappa shape index (κ3) is 1.60. The van der Waals surface area contributed by atoms with E-state index in [0.29, 0.717) is 4.47 Å². The quantitative estimate of drug-likeness (QED) is 0.691. The Kier molecular flexibility index (Phi) is 2.71. The minimum absolute atomic E-state index is 0.265. The number of aryl methyl sites for hydroxylation is 3. The maximum Gasteiger partial charge on any atom is 0.350 e. The van der Waals surface area contributed by atoms with Crippen molar-refractivity contribution in [2.75, 3.05) is 18.0 Å². The molecule has 2 aliphatic heterocycles. The van der Waals surface area contributed by atoms with Crippen LogP contribution >= 0.6 is 15.9 Å². The summed E-state index contributed by atoms with van der Waals surface area (Å²) < 4.78 is 6.17. The van der Waals surface area contributed by atoms with Crippen LogP contribution in [0.5, 0.6) is 0 Å². The van der Waals surface area contributed by atoms with Gasteiger partial charge in [-0.25, -0.2) is 4.79 Å².